The van der Waals surface area contributed by atoms with Gasteiger partial charge in [0.15, 0.2) is 11.4 Å². The first kappa shape index (κ1) is 23.2. The highest BCUT2D eigenvalue weighted by molar-refractivity contribution is 6.08. The smallest absolute Gasteiger partial charge is 0.252 e. The lowest BCUT2D eigenvalue weighted by Gasteiger charge is -2.26. The average molecular weight is 457 g/mol. The number of fused-ring (bicyclic) bond motifs is 1. The molecule has 0 unspecified atom stereocenters. The van der Waals surface area contributed by atoms with Crippen LogP contribution in [-0.4, -0.2) is 44.6 Å². The Morgan fingerprint density at radius 3 is 2.50 bits per heavy atom. The van der Waals surface area contributed by atoms with Crippen LogP contribution in [0.25, 0.3) is 22.1 Å². The molecule has 1 aromatic carbocycles. The highest BCUT2D eigenvalue weighted by Crippen LogP contribution is 2.26. The second kappa shape index (κ2) is 9.48. The van der Waals surface area contributed by atoms with Crippen molar-refractivity contribution in [3.05, 3.63) is 64.9 Å². The third-order valence-electron chi connectivity index (χ3n) is 5.78. The summed E-state index contributed by atoms with van der Waals surface area (Å²) in [5, 5.41) is 3.20. The molecule has 3 heterocycles. The van der Waals surface area contributed by atoms with Crippen LogP contribution in [0.2, 0.25) is 0 Å². The van der Waals surface area contributed by atoms with E-state index in [1.165, 1.54) is 0 Å². The van der Waals surface area contributed by atoms with Gasteiger partial charge in [0.1, 0.15) is 11.3 Å². The minimum atomic E-state index is -0.525. The molecule has 174 valence electrons. The lowest BCUT2D eigenvalue weighted by Crippen LogP contribution is -2.35. The summed E-state index contributed by atoms with van der Waals surface area (Å²) in [6.45, 7) is 14.5. The van der Waals surface area contributed by atoms with E-state index in [2.05, 4.69) is 25.1 Å². The number of carbonyl (C=O) groups is 2. The van der Waals surface area contributed by atoms with Crippen molar-refractivity contribution in [2.45, 2.75) is 40.0 Å². The summed E-state index contributed by atoms with van der Waals surface area (Å²) < 4.78 is 0. The number of nitrogens with one attached hydrogen (secondary N) is 2. The lowest BCUT2D eigenvalue weighted by atomic mass is 9.87. The minimum Gasteiger partial charge on any atom is -0.348 e. The molecular weight excluding hydrogens is 428 g/mol. The van der Waals surface area contributed by atoms with Gasteiger partial charge in [-0.05, 0) is 43.0 Å². The van der Waals surface area contributed by atoms with Gasteiger partial charge in [0, 0.05) is 30.4 Å². The number of hydrogen-bond acceptors (Lipinski definition) is 5. The zero-order valence-electron chi connectivity index (χ0n) is 19.7. The highest BCUT2D eigenvalue weighted by atomic mass is 16.2. The Kier molecular flexibility index (Phi) is 6.46. The molecule has 2 N–H and O–H groups in total. The predicted molar refractivity (Wildman–Crippen MR) is 132 cm³/mol. The average Bonchev–Trinajstić information content (AvgIpc) is 3.25. The Balaban J connectivity index is 1.51. The van der Waals surface area contributed by atoms with Crippen LogP contribution in [0, 0.1) is 12.0 Å². The normalized spacial score (nSPS) is 14.6. The third-order valence-corrected chi connectivity index (χ3v) is 5.78. The number of anilines is 2. The number of likely N-dealkylation sites (tertiary alicyclic amines) is 1. The quantitative estimate of drug-likeness (QED) is 0.312. The molecule has 0 atom stereocenters. The van der Waals surface area contributed by atoms with Crippen molar-refractivity contribution in [3.63, 3.8) is 0 Å². The Bertz CT molecular complexity index is 1290. The summed E-state index contributed by atoms with van der Waals surface area (Å²) in [5.74, 6) is 0.309. The van der Waals surface area contributed by atoms with Gasteiger partial charge >= 0.3 is 0 Å². The van der Waals surface area contributed by atoms with Gasteiger partial charge in [-0.25, -0.2) is 14.8 Å². The molecule has 0 saturated carbocycles. The zero-order chi connectivity index (χ0) is 24.3. The summed E-state index contributed by atoms with van der Waals surface area (Å²) >= 11 is 0. The van der Waals surface area contributed by atoms with Crippen LogP contribution in [0.4, 0.5) is 11.5 Å². The molecule has 0 bridgehead atoms. The Morgan fingerprint density at radius 1 is 1.15 bits per heavy atom. The van der Waals surface area contributed by atoms with Crippen LogP contribution >= 0.6 is 0 Å². The number of Topliss-reactive ketones (excluding diaryl/α,β-unsaturated/α-hetero) is 1. The lowest BCUT2D eigenvalue weighted by molar-refractivity contribution is -0.127. The zero-order valence-corrected chi connectivity index (χ0v) is 19.7. The van der Waals surface area contributed by atoms with E-state index >= 15 is 0 Å². The van der Waals surface area contributed by atoms with E-state index in [4.69, 9.17) is 6.57 Å². The van der Waals surface area contributed by atoms with Gasteiger partial charge in [0.25, 0.3) is 11.6 Å². The number of carbonyl (C=O) groups excluding carboxylic acids is 2. The van der Waals surface area contributed by atoms with Crippen molar-refractivity contribution in [1.29, 1.82) is 0 Å². The molecule has 1 aliphatic heterocycles. The molecule has 34 heavy (non-hydrogen) atoms. The maximum absolute atomic E-state index is 12.7. The topological polar surface area (TPSA) is 95.3 Å². The van der Waals surface area contributed by atoms with E-state index < -0.39 is 5.41 Å². The highest BCUT2D eigenvalue weighted by Gasteiger charge is 2.26. The molecule has 2 aromatic heterocycles. The first-order chi connectivity index (χ1) is 16.3. The number of aromatic amines is 1. The first-order valence-corrected chi connectivity index (χ1v) is 11.4. The monoisotopic (exact) mass is 456 g/mol. The van der Waals surface area contributed by atoms with Gasteiger partial charge in [0.2, 0.25) is 0 Å². The third kappa shape index (κ3) is 4.99. The van der Waals surface area contributed by atoms with Gasteiger partial charge < -0.3 is 15.2 Å². The van der Waals surface area contributed by atoms with E-state index in [1.54, 1.807) is 23.4 Å². The van der Waals surface area contributed by atoms with E-state index in [0.29, 0.717) is 35.6 Å². The number of rotatable bonds is 5. The number of piperidine rings is 1. The van der Waals surface area contributed by atoms with Crippen LogP contribution in [0.1, 0.15) is 56.0 Å². The van der Waals surface area contributed by atoms with Crippen LogP contribution in [-0.2, 0) is 4.79 Å². The van der Waals surface area contributed by atoms with Crippen molar-refractivity contribution in [2.75, 3.05) is 18.4 Å². The fourth-order valence-electron chi connectivity index (χ4n) is 3.90. The van der Waals surface area contributed by atoms with Crippen molar-refractivity contribution < 1.29 is 9.59 Å². The second-order valence-corrected chi connectivity index (χ2v) is 9.48. The molecular formula is C26H28N6O2. The first-order valence-electron chi connectivity index (χ1n) is 11.4. The summed E-state index contributed by atoms with van der Waals surface area (Å²) in [7, 11) is 0. The molecule has 0 radical (unpaired) electrons. The van der Waals surface area contributed by atoms with Crippen LogP contribution < -0.4 is 5.32 Å². The van der Waals surface area contributed by atoms with Gasteiger partial charge in [-0.15, -0.1) is 0 Å². The van der Waals surface area contributed by atoms with Crippen LogP contribution in [0.5, 0.6) is 0 Å². The Labute approximate surface area is 198 Å². The van der Waals surface area contributed by atoms with Gasteiger partial charge in [0.05, 0.1) is 18.3 Å². The molecule has 0 spiro atoms. The van der Waals surface area contributed by atoms with E-state index in [9.17, 15) is 9.59 Å². The summed E-state index contributed by atoms with van der Waals surface area (Å²) in [6.07, 6.45) is 7.99. The summed E-state index contributed by atoms with van der Waals surface area (Å²) in [4.78, 5) is 42.6. The van der Waals surface area contributed by atoms with Crippen molar-refractivity contribution in [1.82, 2.24) is 19.9 Å². The second-order valence-electron chi connectivity index (χ2n) is 9.48. The van der Waals surface area contributed by atoms with Crippen molar-refractivity contribution in [3.8, 4) is 0 Å². The number of ketones is 1. The fraction of sp³-hybridized carbons (Fsp3) is 0.346. The molecule has 1 aliphatic rings. The van der Waals surface area contributed by atoms with Crippen molar-refractivity contribution >= 4 is 40.4 Å². The number of amides is 1. The maximum atomic E-state index is 12.7. The molecule has 8 heteroatoms. The van der Waals surface area contributed by atoms with E-state index in [1.807, 2.05) is 45.0 Å². The minimum absolute atomic E-state index is 0.00366. The van der Waals surface area contributed by atoms with Gasteiger partial charge in [-0.3, -0.25) is 9.59 Å². The largest absolute Gasteiger partial charge is 0.348 e. The molecule has 0 aliphatic carbocycles. The van der Waals surface area contributed by atoms with Gasteiger partial charge in [-0.2, -0.15) is 0 Å². The van der Waals surface area contributed by atoms with Crippen molar-refractivity contribution in [2.24, 2.45) is 5.41 Å². The number of aromatic nitrogens is 3. The number of benzene rings is 1. The standard InChI is InChI=1S/C26H28N6O2/c1-26(2,3)23(33)19-15-28-24-22(19)31-21(16-29-24)30-18-10-8-17(9-11-18)14-20(27-4)25(34)32-12-6-5-7-13-32/h8-11,14-16H,5-7,12-13H2,1-3H3,(H,28,29)(H,30,31)/b20-14+. The Morgan fingerprint density at radius 2 is 1.85 bits per heavy atom. The maximum Gasteiger partial charge on any atom is 0.252 e. The number of H-pyrrole nitrogens is 1. The molecule has 3 aromatic rings. The van der Waals surface area contributed by atoms with E-state index in [-0.39, 0.29) is 17.4 Å². The van der Waals surface area contributed by atoms with Crippen LogP contribution in [0.3, 0.4) is 0 Å². The van der Waals surface area contributed by atoms with Gasteiger partial charge in [-0.1, -0.05) is 32.9 Å². The fourth-order valence-corrected chi connectivity index (χ4v) is 3.90. The SMILES string of the molecule is [C-]#[N+]/C(=C/c1ccc(Nc2cnc3[nH]cc(C(=O)C(C)(C)C)c3n2)cc1)C(=O)N1CCCCC1. The summed E-state index contributed by atoms with van der Waals surface area (Å²) in [5.41, 5.74) is 2.75. The summed E-state index contributed by atoms with van der Waals surface area (Å²) in [6, 6.07) is 7.38. The number of nitrogens with zero attached hydrogens (tertiary/aromatic N) is 4. The molecule has 1 amide bonds. The molecule has 8 nitrogen and oxygen atoms in total. The molecule has 1 fully saturated rings. The number of hydrogen-bond donors (Lipinski definition) is 2. The Hall–Kier alpha value is -3.99. The molecule has 4 rings (SSSR count). The molecule has 1 saturated heterocycles. The van der Waals surface area contributed by atoms with Crippen LogP contribution in [0.15, 0.2) is 42.4 Å². The predicted octanol–water partition coefficient (Wildman–Crippen LogP) is 5.20. The van der Waals surface area contributed by atoms with E-state index in [0.717, 1.165) is 30.5 Å².